The van der Waals surface area contributed by atoms with Crippen molar-refractivity contribution in [3.8, 4) is 0 Å². The van der Waals surface area contributed by atoms with E-state index in [1.165, 1.54) is 7.05 Å². The molecule has 0 unspecified atom stereocenters. The zero-order valence-corrected chi connectivity index (χ0v) is 17.5. The normalized spacial score (nSPS) is 13.9. The number of fused-ring (bicyclic) bond motifs is 1. The molecule has 1 saturated carbocycles. The van der Waals surface area contributed by atoms with E-state index in [-0.39, 0.29) is 17.7 Å². The molecule has 0 atom stereocenters. The lowest BCUT2D eigenvalue weighted by atomic mass is 10.1. The van der Waals surface area contributed by atoms with Crippen LogP contribution in [0.15, 0.2) is 54.6 Å². The van der Waals surface area contributed by atoms with Gasteiger partial charge in [-0.15, -0.1) is 0 Å². The van der Waals surface area contributed by atoms with Crippen molar-refractivity contribution >= 4 is 32.7 Å². The SMILES string of the molecule is CNS(=O)(=O)Cc1ccccc1CNc1cc(C(=O)NC2CC2)c2ccccc2n1. The van der Waals surface area contributed by atoms with Crippen LogP contribution in [0.2, 0.25) is 0 Å². The number of anilines is 1. The molecule has 4 rings (SSSR count). The highest BCUT2D eigenvalue weighted by molar-refractivity contribution is 7.88. The van der Waals surface area contributed by atoms with E-state index in [2.05, 4.69) is 20.3 Å². The fourth-order valence-electron chi connectivity index (χ4n) is 3.28. The number of hydrogen-bond donors (Lipinski definition) is 3. The summed E-state index contributed by atoms with van der Waals surface area (Å²) >= 11 is 0. The molecule has 0 spiro atoms. The zero-order chi connectivity index (χ0) is 21.1. The predicted molar refractivity (Wildman–Crippen MR) is 118 cm³/mol. The van der Waals surface area contributed by atoms with Crippen LogP contribution in [0.1, 0.15) is 34.3 Å². The van der Waals surface area contributed by atoms with Crippen LogP contribution < -0.4 is 15.4 Å². The monoisotopic (exact) mass is 424 g/mol. The summed E-state index contributed by atoms with van der Waals surface area (Å²) in [6, 6.07) is 16.9. The number of nitrogens with one attached hydrogen (secondary N) is 3. The molecular formula is C22H24N4O3S. The lowest BCUT2D eigenvalue weighted by Crippen LogP contribution is -2.25. The van der Waals surface area contributed by atoms with Gasteiger partial charge in [0.05, 0.1) is 16.8 Å². The van der Waals surface area contributed by atoms with Gasteiger partial charge in [-0.3, -0.25) is 4.79 Å². The molecule has 30 heavy (non-hydrogen) atoms. The van der Waals surface area contributed by atoms with Crippen LogP contribution in [0.25, 0.3) is 10.9 Å². The minimum atomic E-state index is -3.38. The van der Waals surface area contributed by atoms with Gasteiger partial charge < -0.3 is 10.6 Å². The van der Waals surface area contributed by atoms with Gasteiger partial charge in [0.2, 0.25) is 10.0 Å². The molecule has 0 bridgehead atoms. The molecule has 3 aromatic rings. The molecule has 1 heterocycles. The van der Waals surface area contributed by atoms with Crippen molar-refractivity contribution in [2.75, 3.05) is 12.4 Å². The van der Waals surface area contributed by atoms with Crippen LogP contribution in [0.3, 0.4) is 0 Å². The summed E-state index contributed by atoms with van der Waals surface area (Å²) in [5.41, 5.74) is 2.89. The van der Waals surface area contributed by atoms with E-state index in [4.69, 9.17) is 0 Å². The standard InChI is InChI=1S/C22H24N4O3S/c1-23-30(28,29)14-16-7-3-2-6-15(16)13-24-21-12-19(22(27)25-17-10-11-17)18-8-4-5-9-20(18)26-21/h2-9,12,17,23H,10-11,13-14H2,1H3,(H,24,26)(H,25,27). The fraction of sp³-hybridized carbons (Fsp3) is 0.273. The Kier molecular flexibility index (Phi) is 5.69. The highest BCUT2D eigenvalue weighted by Gasteiger charge is 2.25. The molecule has 7 nitrogen and oxygen atoms in total. The first kappa shape index (κ1) is 20.3. The third kappa shape index (κ3) is 4.77. The van der Waals surface area contributed by atoms with Crippen LogP contribution in [-0.4, -0.2) is 32.4 Å². The fourth-order valence-corrected chi connectivity index (χ4v) is 4.11. The van der Waals surface area contributed by atoms with Gasteiger partial charge in [0.1, 0.15) is 5.82 Å². The topological polar surface area (TPSA) is 100 Å². The summed E-state index contributed by atoms with van der Waals surface area (Å²) in [5.74, 6) is 0.377. The van der Waals surface area contributed by atoms with E-state index in [1.54, 1.807) is 12.1 Å². The van der Waals surface area contributed by atoms with E-state index < -0.39 is 10.0 Å². The van der Waals surface area contributed by atoms with Gasteiger partial charge >= 0.3 is 0 Å². The number of sulfonamides is 1. The first-order valence-electron chi connectivity index (χ1n) is 9.88. The molecule has 156 valence electrons. The third-order valence-electron chi connectivity index (χ3n) is 5.11. The Labute approximate surface area is 176 Å². The Morgan fingerprint density at radius 3 is 2.50 bits per heavy atom. The van der Waals surface area contributed by atoms with E-state index in [0.29, 0.717) is 23.5 Å². The molecule has 3 N–H and O–H groups in total. The zero-order valence-electron chi connectivity index (χ0n) is 16.7. The summed E-state index contributed by atoms with van der Waals surface area (Å²) in [7, 11) is -1.97. The number of hydrogen-bond acceptors (Lipinski definition) is 5. The molecule has 1 fully saturated rings. The third-order valence-corrected chi connectivity index (χ3v) is 6.42. The van der Waals surface area contributed by atoms with Crippen LogP contribution in [0.5, 0.6) is 0 Å². The minimum Gasteiger partial charge on any atom is -0.366 e. The molecule has 0 aliphatic heterocycles. The van der Waals surface area contributed by atoms with Gasteiger partial charge in [0.15, 0.2) is 0 Å². The van der Waals surface area contributed by atoms with E-state index in [1.807, 2.05) is 42.5 Å². The van der Waals surface area contributed by atoms with Crippen LogP contribution in [-0.2, 0) is 22.3 Å². The van der Waals surface area contributed by atoms with Gasteiger partial charge in [-0.05, 0) is 43.1 Å². The van der Waals surface area contributed by atoms with Crippen molar-refractivity contribution in [3.05, 3.63) is 71.3 Å². The minimum absolute atomic E-state index is 0.0957. The van der Waals surface area contributed by atoms with Gasteiger partial charge in [-0.25, -0.2) is 18.1 Å². The van der Waals surface area contributed by atoms with Crippen molar-refractivity contribution in [2.24, 2.45) is 0 Å². The molecule has 2 aromatic carbocycles. The Morgan fingerprint density at radius 1 is 1.07 bits per heavy atom. The summed E-state index contributed by atoms with van der Waals surface area (Å²) in [6.45, 7) is 0.393. The van der Waals surface area contributed by atoms with Crippen molar-refractivity contribution in [1.29, 1.82) is 0 Å². The van der Waals surface area contributed by atoms with E-state index in [0.717, 1.165) is 29.3 Å². The lowest BCUT2D eigenvalue weighted by molar-refractivity contribution is 0.0952. The second kappa shape index (κ2) is 8.41. The maximum absolute atomic E-state index is 12.7. The number of carbonyl (C=O) groups is 1. The lowest BCUT2D eigenvalue weighted by Gasteiger charge is -2.13. The van der Waals surface area contributed by atoms with Crippen LogP contribution in [0, 0.1) is 0 Å². The molecule has 8 heteroatoms. The predicted octanol–water partition coefficient (Wildman–Crippen LogP) is 2.79. The number of rotatable bonds is 8. The van der Waals surface area contributed by atoms with Gasteiger partial charge in [0.25, 0.3) is 5.91 Å². The summed E-state index contributed by atoms with van der Waals surface area (Å²) in [6.07, 6.45) is 2.04. The molecule has 0 saturated heterocycles. The highest BCUT2D eigenvalue weighted by atomic mass is 32.2. The number of amides is 1. The second-order valence-electron chi connectivity index (χ2n) is 7.41. The Bertz CT molecular complexity index is 1190. The number of nitrogens with zero attached hydrogens (tertiary/aromatic N) is 1. The van der Waals surface area contributed by atoms with Gasteiger partial charge in [-0.1, -0.05) is 42.5 Å². The molecule has 1 aliphatic carbocycles. The summed E-state index contributed by atoms with van der Waals surface area (Å²) < 4.78 is 26.3. The summed E-state index contributed by atoms with van der Waals surface area (Å²) in [4.78, 5) is 17.4. The average molecular weight is 425 g/mol. The largest absolute Gasteiger partial charge is 0.366 e. The quantitative estimate of drug-likeness (QED) is 0.516. The Morgan fingerprint density at radius 2 is 1.77 bits per heavy atom. The molecule has 1 aliphatic rings. The number of benzene rings is 2. The van der Waals surface area contributed by atoms with Crippen LogP contribution >= 0.6 is 0 Å². The highest BCUT2D eigenvalue weighted by Crippen LogP contribution is 2.24. The number of aromatic nitrogens is 1. The first-order valence-corrected chi connectivity index (χ1v) is 11.5. The second-order valence-corrected chi connectivity index (χ2v) is 9.33. The molecular weight excluding hydrogens is 400 g/mol. The van der Waals surface area contributed by atoms with E-state index in [9.17, 15) is 13.2 Å². The number of pyridine rings is 1. The van der Waals surface area contributed by atoms with Gasteiger partial charge in [-0.2, -0.15) is 0 Å². The average Bonchev–Trinajstić information content (AvgIpc) is 3.56. The molecule has 1 amide bonds. The molecule has 1 aromatic heterocycles. The van der Waals surface area contributed by atoms with E-state index >= 15 is 0 Å². The number of carbonyl (C=O) groups excluding carboxylic acids is 1. The maximum Gasteiger partial charge on any atom is 0.252 e. The smallest absolute Gasteiger partial charge is 0.252 e. The molecule has 0 radical (unpaired) electrons. The van der Waals surface area contributed by atoms with Crippen molar-refractivity contribution in [3.63, 3.8) is 0 Å². The van der Waals surface area contributed by atoms with Crippen LogP contribution in [0.4, 0.5) is 5.82 Å². The van der Waals surface area contributed by atoms with Gasteiger partial charge in [0, 0.05) is 18.0 Å². The number of para-hydroxylation sites is 1. The Hall–Kier alpha value is -2.97. The Balaban J connectivity index is 1.60. The van der Waals surface area contributed by atoms with Crippen molar-refractivity contribution < 1.29 is 13.2 Å². The first-order chi connectivity index (χ1) is 14.4. The maximum atomic E-state index is 12.7. The van der Waals surface area contributed by atoms with Crippen molar-refractivity contribution in [2.45, 2.75) is 31.2 Å². The van der Waals surface area contributed by atoms with Crippen molar-refractivity contribution in [1.82, 2.24) is 15.0 Å². The summed E-state index contributed by atoms with van der Waals surface area (Å²) in [5, 5.41) is 7.10.